The third-order valence-corrected chi connectivity index (χ3v) is 13.0. The van der Waals surface area contributed by atoms with Crippen molar-refractivity contribution < 1.29 is 28.6 Å². The molecule has 0 aromatic rings. The zero-order valence-electron chi connectivity index (χ0n) is 43.3. The fourth-order valence-electron chi connectivity index (χ4n) is 8.68. The van der Waals surface area contributed by atoms with Crippen LogP contribution in [-0.2, 0) is 28.6 Å². The molecule has 0 aliphatic heterocycles. The van der Waals surface area contributed by atoms with E-state index < -0.39 is 6.10 Å². The molecule has 1 atom stereocenters. The van der Waals surface area contributed by atoms with E-state index in [1.165, 1.54) is 225 Å². The molecule has 64 heavy (non-hydrogen) atoms. The summed E-state index contributed by atoms with van der Waals surface area (Å²) < 4.78 is 16.9. The number of ether oxygens (including phenoxy) is 3. The van der Waals surface area contributed by atoms with E-state index in [0.29, 0.717) is 19.3 Å². The summed E-state index contributed by atoms with van der Waals surface area (Å²) in [7, 11) is 0. The zero-order chi connectivity index (χ0) is 46.5. The summed E-state index contributed by atoms with van der Waals surface area (Å²) in [5, 5.41) is 0. The minimum absolute atomic E-state index is 0.0659. The number of esters is 3. The lowest BCUT2D eigenvalue weighted by atomic mass is 10.0. The largest absolute Gasteiger partial charge is 0.462 e. The van der Waals surface area contributed by atoms with Crippen molar-refractivity contribution in [2.45, 2.75) is 329 Å². The maximum Gasteiger partial charge on any atom is 0.306 e. The van der Waals surface area contributed by atoms with Crippen LogP contribution in [0.25, 0.3) is 0 Å². The standard InChI is InChI=1S/C58H110O6/c1-4-7-10-13-16-19-22-24-26-28-30-31-33-36-39-42-45-48-51-57(60)63-54-55(53-62-56(59)50-47-44-41-38-35-21-18-15-12-9-6-3)64-58(61)52-49-46-43-40-37-34-32-29-27-25-23-20-17-14-11-8-5-2/h25,27,55H,4-24,26,28-54H2,1-3H3/b27-25-. The van der Waals surface area contributed by atoms with E-state index in [-0.39, 0.29) is 31.1 Å². The van der Waals surface area contributed by atoms with E-state index in [1.807, 2.05) is 0 Å². The molecule has 0 spiro atoms. The van der Waals surface area contributed by atoms with Gasteiger partial charge in [0, 0.05) is 19.3 Å². The molecule has 0 bridgehead atoms. The fourth-order valence-corrected chi connectivity index (χ4v) is 8.68. The Hall–Kier alpha value is -1.85. The van der Waals surface area contributed by atoms with Crippen LogP contribution in [-0.4, -0.2) is 37.2 Å². The number of rotatable bonds is 53. The molecule has 0 N–H and O–H groups in total. The Bertz CT molecular complexity index is 993. The second kappa shape index (κ2) is 53.8. The third kappa shape index (κ3) is 51.1. The lowest BCUT2D eigenvalue weighted by Crippen LogP contribution is -2.30. The highest BCUT2D eigenvalue weighted by Crippen LogP contribution is 2.17. The van der Waals surface area contributed by atoms with E-state index in [2.05, 4.69) is 32.9 Å². The molecule has 0 aromatic heterocycles. The predicted octanol–water partition coefficient (Wildman–Crippen LogP) is 18.9. The Kier molecular flexibility index (Phi) is 52.2. The van der Waals surface area contributed by atoms with Crippen molar-refractivity contribution in [2.24, 2.45) is 0 Å². The van der Waals surface area contributed by atoms with Crippen molar-refractivity contribution in [1.29, 1.82) is 0 Å². The summed E-state index contributed by atoms with van der Waals surface area (Å²) >= 11 is 0. The summed E-state index contributed by atoms with van der Waals surface area (Å²) in [5.74, 6) is -0.848. The molecule has 6 nitrogen and oxygen atoms in total. The van der Waals surface area contributed by atoms with Gasteiger partial charge in [0.2, 0.25) is 0 Å². The minimum Gasteiger partial charge on any atom is -0.462 e. The highest BCUT2D eigenvalue weighted by molar-refractivity contribution is 5.71. The summed E-state index contributed by atoms with van der Waals surface area (Å²) in [6, 6.07) is 0. The van der Waals surface area contributed by atoms with Crippen molar-refractivity contribution in [3.8, 4) is 0 Å². The van der Waals surface area contributed by atoms with E-state index in [0.717, 1.165) is 57.8 Å². The van der Waals surface area contributed by atoms with Gasteiger partial charge in [-0.3, -0.25) is 14.4 Å². The number of hydrogen-bond acceptors (Lipinski definition) is 6. The van der Waals surface area contributed by atoms with Gasteiger partial charge in [0.25, 0.3) is 0 Å². The van der Waals surface area contributed by atoms with Gasteiger partial charge < -0.3 is 14.2 Å². The Morgan fingerprint density at radius 3 is 0.781 bits per heavy atom. The SMILES string of the molecule is CCCCCCCC/C=C\CCCCCCCCCC(=O)OC(COC(=O)CCCCCCCCCCCCC)COC(=O)CCCCCCCCCCCCCCCCCCCC. The van der Waals surface area contributed by atoms with Gasteiger partial charge in [-0.05, 0) is 44.9 Å². The van der Waals surface area contributed by atoms with E-state index >= 15 is 0 Å². The number of unbranched alkanes of at least 4 members (excludes halogenated alkanes) is 40. The normalized spacial score (nSPS) is 12.0. The Labute approximate surface area is 399 Å². The number of carbonyl (C=O) groups is 3. The van der Waals surface area contributed by atoms with Crippen LogP contribution in [0.15, 0.2) is 12.2 Å². The molecule has 1 unspecified atom stereocenters. The lowest BCUT2D eigenvalue weighted by molar-refractivity contribution is -0.167. The van der Waals surface area contributed by atoms with Crippen LogP contribution in [0.3, 0.4) is 0 Å². The van der Waals surface area contributed by atoms with Crippen LogP contribution in [0.4, 0.5) is 0 Å². The quantitative estimate of drug-likeness (QED) is 0.0262. The van der Waals surface area contributed by atoms with Crippen LogP contribution < -0.4 is 0 Å². The molecule has 0 amide bonds. The van der Waals surface area contributed by atoms with Crippen molar-refractivity contribution in [3.05, 3.63) is 12.2 Å². The molecule has 0 saturated carbocycles. The number of allylic oxidation sites excluding steroid dienone is 2. The highest BCUT2D eigenvalue weighted by atomic mass is 16.6. The van der Waals surface area contributed by atoms with Gasteiger partial charge >= 0.3 is 17.9 Å². The molecule has 378 valence electrons. The van der Waals surface area contributed by atoms with Gasteiger partial charge in [0.15, 0.2) is 6.10 Å². The van der Waals surface area contributed by atoms with Crippen LogP contribution in [0.5, 0.6) is 0 Å². The van der Waals surface area contributed by atoms with Crippen molar-refractivity contribution >= 4 is 17.9 Å². The summed E-state index contributed by atoms with van der Waals surface area (Å²) in [5.41, 5.74) is 0. The summed E-state index contributed by atoms with van der Waals surface area (Å²) in [6.45, 7) is 6.68. The first kappa shape index (κ1) is 62.1. The van der Waals surface area contributed by atoms with Gasteiger partial charge in [0.05, 0.1) is 0 Å². The van der Waals surface area contributed by atoms with Crippen LogP contribution in [0.2, 0.25) is 0 Å². The molecule has 0 saturated heterocycles. The van der Waals surface area contributed by atoms with E-state index in [9.17, 15) is 14.4 Å². The maximum atomic E-state index is 12.8. The Balaban J connectivity index is 4.28. The maximum absolute atomic E-state index is 12.8. The van der Waals surface area contributed by atoms with Gasteiger partial charge in [-0.15, -0.1) is 0 Å². The molecule has 0 rings (SSSR count). The fraction of sp³-hybridized carbons (Fsp3) is 0.914. The topological polar surface area (TPSA) is 78.9 Å². The first-order chi connectivity index (χ1) is 31.5. The van der Waals surface area contributed by atoms with Crippen LogP contribution in [0.1, 0.15) is 323 Å². The Morgan fingerprint density at radius 2 is 0.516 bits per heavy atom. The molecule has 6 heteroatoms. The van der Waals surface area contributed by atoms with Gasteiger partial charge in [-0.1, -0.05) is 270 Å². The van der Waals surface area contributed by atoms with E-state index in [1.54, 1.807) is 0 Å². The number of hydrogen-bond donors (Lipinski definition) is 0. The van der Waals surface area contributed by atoms with Crippen molar-refractivity contribution in [1.82, 2.24) is 0 Å². The molecule has 0 aromatic carbocycles. The first-order valence-electron chi connectivity index (χ1n) is 28.7. The van der Waals surface area contributed by atoms with Gasteiger partial charge in [-0.25, -0.2) is 0 Å². The average Bonchev–Trinajstić information content (AvgIpc) is 3.29. The Morgan fingerprint density at radius 1 is 0.297 bits per heavy atom. The highest BCUT2D eigenvalue weighted by Gasteiger charge is 2.19. The average molecular weight is 904 g/mol. The van der Waals surface area contributed by atoms with Crippen LogP contribution in [0, 0.1) is 0 Å². The van der Waals surface area contributed by atoms with Gasteiger partial charge in [-0.2, -0.15) is 0 Å². The lowest BCUT2D eigenvalue weighted by Gasteiger charge is -2.18. The minimum atomic E-state index is -0.766. The van der Waals surface area contributed by atoms with Crippen molar-refractivity contribution in [2.75, 3.05) is 13.2 Å². The second-order valence-corrected chi connectivity index (χ2v) is 19.6. The molecular formula is C58H110O6. The number of carbonyl (C=O) groups excluding carboxylic acids is 3. The predicted molar refractivity (Wildman–Crippen MR) is 275 cm³/mol. The molecule has 0 radical (unpaired) electrons. The van der Waals surface area contributed by atoms with Crippen molar-refractivity contribution in [3.63, 3.8) is 0 Å². The second-order valence-electron chi connectivity index (χ2n) is 19.6. The van der Waals surface area contributed by atoms with E-state index in [4.69, 9.17) is 14.2 Å². The zero-order valence-corrected chi connectivity index (χ0v) is 43.3. The third-order valence-electron chi connectivity index (χ3n) is 13.0. The molecular weight excluding hydrogens is 793 g/mol. The monoisotopic (exact) mass is 903 g/mol. The summed E-state index contributed by atoms with van der Waals surface area (Å²) in [4.78, 5) is 38.1. The smallest absolute Gasteiger partial charge is 0.306 e. The molecule has 0 aliphatic carbocycles. The molecule has 0 fully saturated rings. The molecule has 0 aliphatic rings. The van der Waals surface area contributed by atoms with Crippen LogP contribution >= 0.6 is 0 Å². The first-order valence-corrected chi connectivity index (χ1v) is 28.7. The van der Waals surface area contributed by atoms with Gasteiger partial charge in [0.1, 0.15) is 13.2 Å². The molecule has 0 heterocycles. The summed E-state index contributed by atoms with van der Waals surface area (Å²) in [6.07, 6.45) is 60.6.